The zero-order valence-corrected chi connectivity index (χ0v) is 18.7. The number of imidazole rings is 1. The minimum absolute atomic E-state index is 0.0459. The van der Waals surface area contributed by atoms with E-state index >= 15 is 0 Å². The van der Waals surface area contributed by atoms with Gasteiger partial charge in [-0.25, -0.2) is 14.2 Å². The first-order valence-corrected chi connectivity index (χ1v) is 11.3. The lowest BCUT2D eigenvalue weighted by Crippen LogP contribution is -2.37. The lowest BCUT2D eigenvalue weighted by atomic mass is 10.2. The second-order valence-corrected chi connectivity index (χ2v) is 8.66. The molecule has 1 fully saturated rings. The molecule has 3 heterocycles. The Balaban J connectivity index is 1.64. The predicted molar refractivity (Wildman–Crippen MR) is 118 cm³/mol. The van der Waals surface area contributed by atoms with Gasteiger partial charge in [-0.15, -0.1) is 0 Å². The second kappa shape index (κ2) is 9.29. The van der Waals surface area contributed by atoms with Crippen LogP contribution in [0.5, 0.6) is 0 Å². The third-order valence-corrected chi connectivity index (χ3v) is 6.43. The third kappa shape index (κ3) is 4.49. The maximum absolute atomic E-state index is 13.3. The van der Waals surface area contributed by atoms with Gasteiger partial charge in [0.15, 0.2) is 16.3 Å². The highest BCUT2D eigenvalue weighted by molar-refractivity contribution is 7.99. The maximum Gasteiger partial charge on any atom is 0.332 e. The number of nitrogens with one attached hydrogen (secondary N) is 1. The molecule has 32 heavy (non-hydrogen) atoms. The van der Waals surface area contributed by atoms with E-state index in [9.17, 15) is 18.8 Å². The summed E-state index contributed by atoms with van der Waals surface area (Å²) in [6.45, 7) is 1.42. The summed E-state index contributed by atoms with van der Waals surface area (Å²) in [5.41, 5.74) is 0.280. The minimum atomic E-state index is -0.486. The average molecular weight is 462 g/mol. The van der Waals surface area contributed by atoms with Crippen molar-refractivity contribution in [2.75, 3.05) is 18.9 Å². The SMILES string of the molecule is Cn1c(=O)c2c(nc(SCC(=O)NC[C@@H]3CCCO3)n2Cc2ccc(F)cc2)n(C)c1=O. The Hall–Kier alpha value is -2.92. The first kappa shape index (κ1) is 22.3. The van der Waals surface area contributed by atoms with Crippen molar-refractivity contribution in [1.29, 1.82) is 0 Å². The number of nitrogens with zero attached hydrogens (tertiary/aromatic N) is 4. The first-order valence-electron chi connectivity index (χ1n) is 10.3. The summed E-state index contributed by atoms with van der Waals surface area (Å²) in [5, 5.41) is 3.29. The molecule has 1 aliphatic rings. The van der Waals surface area contributed by atoms with E-state index < -0.39 is 11.2 Å². The van der Waals surface area contributed by atoms with E-state index in [0.717, 1.165) is 29.6 Å². The fourth-order valence-corrected chi connectivity index (χ4v) is 4.49. The number of fused-ring (bicyclic) bond motifs is 1. The van der Waals surface area contributed by atoms with E-state index in [4.69, 9.17) is 4.74 Å². The summed E-state index contributed by atoms with van der Waals surface area (Å²) in [6, 6.07) is 5.92. The van der Waals surface area contributed by atoms with Gasteiger partial charge in [-0.3, -0.25) is 18.7 Å². The monoisotopic (exact) mass is 461 g/mol. The zero-order chi connectivity index (χ0) is 22.8. The lowest BCUT2D eigenvalue weighted by molar-refractivity contribution is -0.119. The number of rotatable bonds is 7. The number of carbonyl (C=O) groups excluding carboxylic acids is 1. The molecule has 1 amide bonds. The minimum Gasteiger partial charge on any atom is -0.376 e. The van der Waals surface area contributed by atoms with E-state index in [1.54, 1.807) is 23.7 Å². The molecule has 0 radical (unpaired) electrons. The summed E-state index contributed by atoms with van der Waals surface area (Å²) in [5.74, 6) is -0.444. The molecule has 170 valence electrons. The number of carbonyl (C=O) groups is 1. The first-order chi connectivity index (χ1) is 15.3. The molecule has 1 aliphatic heterocycles. The van der Waals surface area contributed by atoms with Gasteiger partial charge in [0.1, 0.15) is 5.82 Å². The Morgan fingerprint density at radius 3 is 2.69 bits per heavy atom. The molecular formula is C21H24FN5O4S. The van der Waals surface area contributed by atoms with Gasteiger partial charge in [-0.05, 0) is 30.5 Å². The van der Waals surface area contributed by atoms with Crippen molar-refractivity contribution in [3.63, 3.8) is 0 Å². The number of aryl methyl sites for hydroxylation is 1. The van der Waals surface area contributed by atoms with Crippen molar-refractivity contribution >= 4 is 28.8 Å². The molecule has 0 aliphatic carbocycles. The van der Waals surface area contributed by atoms with Crippen LogP contribution in [0.4, 0.5) is 4.39 Å². The quantitative estimate of drug-likeness (QED) is 0.527. The molecule has 1 atom stereocenters. The van der Waals surface area contributed by atoms with Crippen molar-refractivity contribution < 1.29 is 13.9 Å². The van der Waals surface area contributed by atoms with Crippen LogP contribution in [0.2, 0.25) is 0 Å². The fourth-order valence-electron chi connectivity index (χ4n) is 3.67. The molecule has 2 aromatic heterocycles. The molecule has 1 aromatic carbocycles. The van der Waals surface area contributed by atoms with Crippen molar-refractivity contribution in [1.82, 2.24) is 24.0 Å². The van der Waals surface area contributed by atoms with Gasteiger partial charge in [0.25, 0.3) is 5.56 Å². The molecular weight excluding hydrogens is 437 g/mol. The Morgan fingerprint density at radius 2 is 2.00 bits per heavy atom. The normalized spacial score (nSPS) is 16.0. The molecule has 1 N–H and O–H groups in total. The van der Waals surface area contributed by atoms with Gasteiger partial charge in [0.2, 0.25) is 5.91 Å². The molecule has 9 nitrogen and oxygen atoms in total. The summed E-state index contributed by atoms with van der Waals surface area (Å²) in [6.07, 6.45) is 1.97. The predicted octanol–water partition coefficient (Wildman–Crippen LogP) is 1.01. The molecule has 0 spiro atoms. The van der Waals surface area contributed by atoms with Crippen LogP contribution in [0.15, 0.2) is 39.0 Å². The summed E-state index contributed by atoms with van der Waals surface area (Å²) >= 11 is 1.18. The number of aromatic nitrogens is 4. The van der Waals surface area contributed by atoms with Crippen molar-refractivity contribution in [3.05, 3.63) is 56.5 Å². The van der Waals surface area contributed by atoms with Crippen LogP contribution in [-0.2, 0) is 30.2 Å². The van der Waals surface area contributed by atoms with E-state index in [1.807, 2.05) is 0 Å². The molecule has 11 heteroatoms. The number of benzene rings is 1. The average Bonchev–Trinajstić information content (AvgIpc) is 3.43. The summed E-state index contributed by atoms with van der Waals surface area (Å²) in [7, 11) is 2.95. The van der Waals surface area contributed by atoms with Crippen LogP contribution in [0.3, 0.4) is 0 Å². The van der Waals surface area contributed by atoms with E-state index in [0.29, 0.717) is 11.7 Å². The van der Waals surface area contributed by atoms with Gasteiger partial charge in [-0.2, -0.15) is 0 Å². The van der Waals surface area contributed by atoms with Gasteiger partial charge >= 0.3 is 5.69 Å². The topological polar surface area (TPSA) is 100 Å². The molecule has 0 bridgehead atoms. The Kier molecular flexibility index (Phi) is 6.47. The van der Waals surface area contributed by atoms with Crippen molar-refractivity contribution in [2.45, 2.75) is 30.6 Å². The van der Waals surface area contributed by atoms with Gasteiger partial charge < -0.3 is 14.6 Å². The molecule has 3 aromatic rings. The van der Waals surface area contributed by atoms with Crippen LogP contribution < -0.4 is 16.6 Å². The highest BCUT2D eigenvalue weighted by atomic mass is 32.2. The van der Waals surface area contributed by atoms with Gasteiger partial charge in [0, 0.05) is 27.2 Å². The number of halogens is 1. The number of ether oxygens (including phenoxy) is 1. The summed E-state index contributed by atoms with van der Waals surface area (Å²) < 4.78 is 22.8. The van der Waals surface area contributed by atoms with E-state index in [2.05, 4.69) is 10.3 Å². The van der Waals surface area contributed by atoms with Crippen LogP contribution in [-0.4, -0.2) is 49.6 Å². The van der Waals surface area contributed by atoms with Crippen LogP contribution >= 0.6 is 11.8 Å². The smallest absolute Gasteiger partial charge is 0.332 e. The fraction of sp³-hybridized carbons (Fsp3) is 0.429. The Bertz CT molecular complexity index is 1260. The van der Waals surface area contributed by atoms with Crippen molar-refractivity contribution in [3.8, 4) is 0 Å². The summed E-state index contributed by atoms with van der Waals surface area (Å²) in [4.78, 5) is 42.1. The highest BCUT2D eigenvalue weighted by Crippen LogP contribution is 2.23. The standard InChI is InChI=1S/C21H24FN5O4S/c1-25-18-17(19(29)26(2)21(25)30)27(11-13-5-7-14(22)8-6-13)20(24-18)32-12-16(28)23-10-15-4-3-9-31-15/h5-8,15H,3-4,9-12H2,1-2H3,(H,23,28)/t15-/m0/s1. The number of hydrogen-bond donors (Lipinski definition) is 1. The van der Waals surface area contributed by atoms with Crippen LogP contribution in [0.1, 0.15) is 18.4 Å². The Labute approximate surface area is 187 Å². The lowest BCUT2D eigenvalue weighted by Gasteiger charge is -2.11. The molecule has 1 saturated heterocycles. The van der Waals surface area contributed by atoms with E-state index in [-0.39, 0.29) is 41.3 Å². The molecule has 0 saturated carbocycles. The second-order valence-electron chi connectivity index (χ2n) is 7.71. The third-order valence-electron chi connectivity index (χ3n) is 5.45. The number of hydrogen-bond acceptors (Lipinski definition) is 6. The molecule has 0 unspecified atom stereocenters. The largest absolute Gasteiger partial charge is 0.376 e. The van der Waals surface area contributed by atoms with Crippen LogP contribution in [0, 0.1) is 5.82 Å². The molecule has 4 rings (SSSR count). The highest BCUT2D eigenvalue weighted by Gasteiger charge is 2.21. The van der Waals surface area contributed by atoms with Crippen molar-refractivity contribution in [2.24, 2.45) is 14.1 Å². The van der Waals surface area contributed by atoms with Gasteiger partial charge in [-0.1, -0.05) is 23.9 Å². The maximum atomic E-state index is 13.3. The Morgan fingerprint density at radius 1 is 1.25 bits per heavy atom. The van der Waals surface area contributed by atoms with E-state index in [1.165, 1.54) is 35.5 Å². The number of amides is 1. The van der Waals surface area contributed by atoms with Crippen LogP contribution in [0.25, 0.3) is 11.2 Å². The zero-order valence-electron chi connectivity index (χ0n) is 17.8. The number of thioether (sulfide) groups is 1. The van der Waals surface area contributed by atoms with Gasteiger partial charge in [0.05, 0.1) is 18.4 Å².